The van der Waals surface area contributed by atoms with Gasteiger partial charge in [-0.25, -0.2) is 4.39 Å². The molecule has 1 unspecified atom stereocenters. The predicted octanol–water partition coefficient (Wildman–Crippen LogP) is 4.07. The highest BCUT2D eigenvalue weighted by atomic mass is 79.9. The van der Waals surface area contributed by atoms with Crippen LogP contribution in [0.2, 0.25) is 0 Å². The van der Waals surface area contributed by atoms with Gasteiger partial charge < -0.3 is 9.73 Å². The molecule has 1 heterocycles. The van der Waals surface area contributed by atoms with Gasteiger partial charge in [0.2, 0.25) is 0 Å². The highest BCUT2D eigenvalue weighted by Gasteiger charge is 2.18. The maximum Gasteiger partial charge on any atom is 0.129 e. The Kier molecular flexibility index (Phi) is 4.55. The number of nitrogens with one attached hydrogen (secondary N) is 1. The summed E-state index contributed by atoms with van der Waals surface area (Å²) in [5, 5.41) is 3.31. The Morgan fingerprint density at radius 1 is 1.39 bits per heavy atom. The minimum atomic E-state index is -0.196. The predicted molar refractivity (Wildman–Crippen MR) is 72.9 cm³/mol. The van der Waals surface area contributed by atoms with Crippen molar-refractivity contribution in [1.29, 1.82) is 0 Å². The van der Waals surface area contributed by atoms with Gasteiger partial charge in [0.15, 0.2) is 0 Å². The Morgan fingerprint density at radius 3 is 2.83 bits per heavy atom. The first-order valence-electron chi connectivity index (χ1n) is 5.90. The van der Waals surface area contributed by atoms with Crippen LogP contribution in [-0.4, -0.2) is 6.54 Å². The van der Waals surface area contributed by atoms with Gasteiger partial charge in [-0.2, -0.15) is 0 Å². The molecule has 1 aromatic heterocycles. The average Bonchev–Trinajstić information content (AvgIpc) is 2.82. The van der Waals surface area contributed by atoms with E-state index in [0.717, 1.165) is 16.6 Å². The van der Waals surface area contributed by atoms with Gasteiger partial charge in [0.1, 0.15) is 5.82 Å². The van der Waals surface area contributed by atoms with Gasteiger partial charge in [-0.05, 0) is 36.7 Å². The fourth-order valence-electron chi connectivity index (χ4n) is 2.01. The fourth-order valence-corrected chi connectivity index (χ4v) is 2.63. The normalized spacial score (nSPS) is 12.6. The summed E-state index contributed by atoms with van der Waals surface area (Å²) >= 11 is 3.42. The molecule has 0 aliphatic heterocycles. The smallest absolute Gasteiger partial charge is 0.129 e. The molecule has 18 heavy (non-hydrogen) atoms. The minimum Gasteiger partial charge on any atom is -0.472 e. The summed E-state index contributed by atoms with van der Waals surface area (Å²) in [5.74, 6) is -0.196. The van der Waals surface area contributed by atoms with Crippen molar-refractivity contribution < 1.29 is 8.81 Å². The maximum atomic E-state index is 14.0. The van der Waals surface area contributed by atoms with Gasteiger partial charge in [0, 0.05) is 16.1 Å². The standard InChI is InChI=1S/C14H15BrFNO/c1-2-17-13(8-10-6-7-18-9-10)14-11(15)4-3-5-12(14)16/h3-7,9,13,17H,2,8H2,1H3. The van der Waals surface area contributed by atoms with Crippen LogP contribution in [0.4, 0.5) is 4.39 Å². The Hall–Kier alpha value is -1.13. The van der Waals surface area contributed by atoms with Crippen LogP contribution in [0.15, 0.2) is 45.7 Å². The van der Waals surface area contributed by atoms with E-state index in [1.165, 1.54) is 6.07 Å². The molecular formula is C14H15BrFNO. The molecule has 4 heteroatoms. The number of furan rings is 1. The topological polar surface area (TPSA) is 25.2 Å². The van der Waals surface area contributed by atoms with E-state index >= 15 is 0 Å². The second-order valence-electron chi connectivity index (χ2n) is 4.08. The Labute approximate surface area is 114 Å². The molecule has 96 valence electrons. The molecule has 0 saturated carbocycles. The maximum absolute atomic E-state index is 14.0. The van der Waals surface area contributed by atoms with Crippen LogP contribution in [-0.2, 0) is 6.42 Å². The lowest BCUT2D eigenvalue weighted by molar-refractivity contribution is 0.503. The van der Waals surface area contributed by atoms with Gasteiger partial charge in [0.05, 0.1) is 12.5 Å². The van der Waals surface area contributed by atoms with Gasteiger partial charge in [-0.1, -0.05) is 28.9 Å². The van der Waals surface area contributed by atoms with Crippen molar-refractivity contribution in [3.05, 3.63) is 58.2 Å². The van der Waals surface area contributed by atoms with Crippen LogP contribution in [0, 0.1) is 5.82 Å². The molecule has 0 spiro atoms. The number of benzene rings is 1. The molecule has 0 radical (unpaired) electrons. The highest BCUT2D eigenvalue weighted by Crippen LogP contribution is 2.28. The van der Waals surface area contributed by atoms with Crippen molar-refractivity contribution in [2.75, 3.05) is 6.54 Å². The summed E-state index contributed by atoms with van der Waals surface area (Å²) in [6.07, 6.45) is 4.03. The molecule has 0 bridgehead atoms. The molecule has 0 fully saturated rings. The zero-order chi connectivity index (χ0) is 13.0. The number of hydrogen-bond donors (Lipinski definition) is 1. The van der Waals surface area contributed by atoms with Crippen LogP contribution in [0.1, 0.15) is 24.1 Å². The molecule has 2 nitrogen and oxygen atoms in total. The fraction of sp³-hybridized carbons (Fsp3) is 0.286. The molecule has 1 aromatic carbocycles. The second kappa shape index (κ2) is 6.16. The quantitative estimate of drug-likeness (QED) is 0.900. The summed E-state index contributed by atoms with van der Waals surface area (Å²) < 4.78 is 19.8. The molecule has 1 N–H and O–H groups in total. The van der Waals surface area contributed by atoms with Crippen LogP contribution >= 0.6 is 15.9 Å². The van der Waals surface area contributed by atoms with Crippen molar-refractivity contribution in [2.45, 2.75) is 19.4 Å². The summed E-state index contributed by atoms with van der Waals surface area (Å²) in [7, 11) is 0. The van der Waals surface area contributed by atoms with Crippen LogP contribution in [0.5, 0.6) is 0 Å². The van der Waals surface area contributed by atoms with E-state index in [1.807, 2.05) is 19.1 Å². The molecule has 0 aliphatic rings. The van der Waals surface area contributed by atoms with Crippen LogP contribution in [0.25, 0.3) is 0 Å². The van der Waals surface area contributed by atoms with Gasteiger partial charge in [-0.15, -0.1) is 0 Å². The summed E-state index contributed by atoms with van der Waals surface area (Å²) in [4.78, 5) is 0. The largest absolute Gasteiger partial charge is 0.472 e. The van der Waals surface area contributed by atoms with Gasteiger partial charge >= 0.3 is 0 Å². The minimum absolute atomic E-state index is 0.0665. The van der Waals surface area contributed by atoms with Gasteiger partial charge in [0.25, 0.3) is 0 Å². The first-order chi connectivity index (χ1) is 8.72. The zero-order valence-electron chi connectivity index (χ0n) is 10.1. The van der Waals surface area contributed by atoms with Crippen molar-refractivity contribution >= 4 is 15.9 Å². The number of rotatable bonds is 5. The van der Waals surface area contributed by atoms with Crippen LogP contribution < -0.4 is 5.32 Å². The third kappa shape index (κ3) is 3.00. The van der Waals surface area contributed by atoms with Gasteiger partial charge in [-0.3, -0.25) is 0 Å². The van der Waals surface area contributed by atoms with E-state index in [9.17, 15) is 4.39 Å². The highest BCUT2D eigenvalue weighted by molar-refractivity contribution is 9.10. The van der Waals surface area contributed by atoms with E-state index in [-0.39, 0.29) is 11.9 Å². The molecule has 1 atom stereocenters. The zero-order valence-corrected chi connectivity index (χ0v) is 11.7. The second-order valence-corrected chi connectivity index (χ2v) is 4.94. The summed E-state index contributed by atoms with van der Waals surface area (Å²) in [6.45, 7) is 2.79. The van der Waals surface area contributed by atoms with Crippen molar-refractivity contribution in [3.63, 3.8) is 0 Å². The Morgan fingerprint density at radius 2 is 2.22 bits per heavy atom. The molecule has 0 aliphatic carbocycles. The summed E-state index contributed by atoms with van der Waals surface area (Å²) in [6, 6.07) is 6.88. The van der Waals surface area contributed by atoms with Crippen molar-refractivity contribution in [1.82, 2.24) is 5.32 Å². The first-order valence-corrected chi connectivity index (χ1v) is 6.70. The van der Waals surface area contributed by atoms with Crippen LogP contribution in [0.3, 0.4) is 0 Å². The van der Waals surface area contributed by atoms with E-state index in [1.54, 1.807) is 18.6 Å². The lowest BCUT2D eigenvalue weighted by Crippen LogP contribution is -2.24. The first kappa shape index (κ1) is 13.3. The molecule has 0 saturated heterocycles. The lowest BCUT2D eigenvalue weighted by atomic mass is 10.00. The van der Waals surface area contributed by atoms with E-state index < -0.39 is 0 Å². The molecule has 0 amide bonds. The Bertz CT molecular complexity index is 478. The number of likely N-dealkylation sites (N-methyl/N-ethyl adjacent to an activating group) is 1. The molecule has 2 rings (SSSR count). The number of halogens is 2. The third-order valence-corrected chi connectivity index (χ3v) is 3.51. The summed E-state index contributed by atoms with van der Waals surface area (Å²) in [5.41, 5.74) is 1.72. The lowest BCUT2D eigenvalue weighted by Gasteiger charge is -2.19. The number of hydrogen-bond acceptors (Lipinski definition) is 2. The molecule has 2 aromatic rings. The monoisotopic (exact) mass is 311 g/mol. The van der Waals surface area contributed by atoms with Crippen molar-refractivity contribution in [2.24, 2.45) is 0 Å². The molecular weight excluding hydrogens is 297 g/mol. The SMILES string of the molecule is CCNC(Cc1ccoc1)c1c(F)cccc1Br. The average molecular weight is 312 g/mol. The van der Waals surface area contributed by atoms with Crippen molar-refractivity contribution in [3.8, 4) is 0 Å². The van der Waals surface area contributed by atoms with E-state index in [4.69, 9.17) is 4.42 Å². The van der Waals surface area contributed by atoms with E-state index in [0.29, 0.717) is 12.0 Å². The van der Waals surface area contributed by atoms with E-state index in [2.05, 4.69) is 21.2 Å². The Balaban J connectivity index is 2.29. The third-order valence-electron chi connectivity index (χ3n) is 2.82.